The molecular formula is C13H18F2N2O3S. The zero-order valence-corrected chi connectivity index (χ0v) is 12.6. The van der Waals surface area contributed by atoms with Crippen LogP contribution in [0.3, 0.4) is 0 Å². The molecule has 1 rings (SSSR count). The summed E-state index contributed by atoms with van der Waals surface area (Å²) >= 11 is 0. The Morgan fingerprint density at radius 3 is 2.52 bits per heavy atom. The molecule has 0 unspecified atom stereocenters. The number of urea groups is 1. The largest absolute Gasteiger partial charge is 0.337 e. The number of nitrogens with one attached hydrogen (secondary N) is 2. The van der Waals surface area contributed by atoms with E-state index in [-0.39, 0.29) is 18.1 Å². The fourth-order valence-electron chi connectivity index (χ4n) is 1.58. The van der Waals surface area contributed by atoms with Crippen LogP contribution in [0.5, 0.6) is 0 Å². The van der Waals surface area contributed by atoms with Crippen molar-refractivity contribution in [3.63, 3.8) is 0 Å². The van der Waals surface area contributed by atoms with Gasteiger partial charge in [0.1, 0.15) is 0 Å². The number of benzene rings is 1. The maximum Gasteiger partial charge on any atom is 0.315 e. The summed E-state index contributed by atoms with van der Waals surface area (Å²) in [5, 5.41) is 4.92. The van der Waals surface area contributed by atoms with E-state index in [2.05, 4.69) is 10.6 Å². The van der Waals surface area contributed by atoms with Crippen molar-refractivity contribution >= 4 is 15.9 Å². The highest BCUT2D eigenvalue weighted by atomic mass is 32.2. The van der Waals surface area contributed by atoms with E-state index in [0.717, 1.165) is 12.1 Å². The third-order valence-corrected chi connectivity index (χ3v) is 4.64. The molecule has 0 radical (unpaired) electrons. The second kappa shape index (κ2) is 7.35. The molecule has 0 heterocycles. The lowest BCUT2D eigenvalue weighted by atomic mass is 10.1. The molecule has 1 atom stereocenters. The molecule has 118 valence electrons. The van der Waals surface area contributed by atoms with Crippen LogP contribution in [0.4, 0.5) is 13.6 Å². The SMILES string of the molecule is CCS(=O)(=O)CCNC(=O)N[C@@H](C)c1ccc(F)c(F)c1. The smallest absolute Gasteiger partial charge is 0.315 e. The van der Waals surface area contributed by atoms with Crippen LogP contribution in [0.2, 0.25) is 0 Å². The molecule has 0 bridgehead atoms. The molecule has 8 heteroatoms. The average Bonchev–Trinajstić information content (AvgIpc) is 2.41. The maximum absolute atomic E-state index is 13.1. The van der Waals surface area contributed by atoms with Gasteiger partial charge in [-0.1, -0.05) is 13.0 Å². The average molecular weight is 320 g/mol. The van der Waals surface area contributed by atoms with Gasteiger partial charge in [-0.15, -0.1) is 0 Å². The predicted octanol–water partition coefficient (Wildman–Crippen LogP) is 1.76. The lowest BCUT2D eigenvalue weighted by molar-refractivity contribution is 0.238. The summed E-state index contributed by atoms with van der Waals surface area (Å²) in [5.41, 5.74) is 0.408. The molecular weight excluding hydrogens is 302 g/mol. The Morgan fingerprint density at radius 1 is 1.29 bits per heavy atom. The van der Waals surface area contributed by atoms with Crippen molar-refractivity contribution in [2.24, 2.45) is 0 Å². The molecule has 0 aliphatic heterocycles. The van der Waals surface area contributed by atoms with Crippen LogP contribution < -0.4 is 10.6 Å². The van der Waals surface area contributed by atoms with Crippen molar-refractivity contribution in [3.8, 4) is 0 Å². The molecule has 0 aromatic heterocycles. The van der Waals surface area contributed by atoms with E-state index in [0.29, 0.717) is 5.56 Å². The number of halogens is 2. The molecule has 2 amide bonds. The zero-order valence-electron chi connectivity index (χ0n) is 11.8. The first kappa shape index (κ1) is 17.4. The Balaban J connectivity index is 2.49. The van der Waals surface area contributed by atoms with Crippen LogP contribution in [-0.4, -0.2) is 32.5 Å². The molecule has 2 N–H and O–H groups in total. The molecule has 5 nitrogen and oxygen atoms in total. The number of amides is 2. The number of rotatable bonds is 6. The van der Waals surface area contributed by atoms with Crippen molar-refractivity contribution < 1.29 is 22.0 Å². The van der Waals surface area contributed by atoms with Gasteiger partial charge >= 0.3 is 6.03 Å². The van der Waals surface area contributed by atoms with Gasteiger partial charge in [0.05, 0.1) is 11.8 Å². The van der Waals surface area contributed by atoms with Gasteiger partial charge < -0.3 is 10.6 Å². The van der Waals surface area contributed by atoms with E-state index in [9.17, 15) is 22.0 Å². The summed E-state index contributed by atoms with van der Waals surface area (Å²) in [5.74, 6) is -2.08. The summed E-state index contributed by atoms with van der Waals surface area (Å²) in [6, 6.07) is 2.24. The van der Waals surface area contributed by atoms with Crippen LogP contribution in [0.1, 0.15) is 25.5 Å². The van der Waals surface area contributed by atoms with Crippen LogP contribution in [0, 0.1) is 11.6 Å². The minimum atomic E-state index is -3.14. The van der Waals surface area contributed by atoms with Gasteiger partial charge in [0, 0.05) is 12.3 Å². The molecule has 1 aromatic rings. The number of sulfone groups is 1. The van der Waals surface area contributed by atoms with Gasteiger partial charge in [-0.05, 0) is 24.6 Å². The van der Waals surface area contributed by atoms with E-state index in [1.807, 2.05) is 0 Å². The zero-order chi connectivity index (χ0) is 16.0. The van der Waals surface area contributed by atoms with Gasteiger partial charge in [0.25, 0.3) is 0 Å². The summed E-state index contributed by atoms with van der Waals surface area (Å²) in [6.45, 7) is 3.13. The van der Waals surface area contributed by atoms with Crippen molar-refractivity contribution in [3.05, 3.63) is 35.4 Å². The molecule has 0 aliphatic rings. The third-order valence-electron chi connectivity index (χ3n) is 2.93. The topological polar surface area (TPSA) is 75.3 Å². The molecule has 0 spiro atoms. The summed E-state index contributed by atoms with van der Waals surface area (Å²) in [4.78, 5) is 11.6. The highest BCUT2D eigenvalue weighted by Crippen LogP contribution is 2.15. The second-order valence-corrected chi connectivity index (χ2v) is 7.00. The van der Waals surface area contributed by atoms with Crippen molar-refractivity contribution in [1.29, 1.82) is 0 Å². The first-order valence-electron chi connectivity index (χ1n) is 6.45. The van der Waals surface area contributed by atoms with Gasteiger partial charge in [-0.2, -0.15) is 0 Å². The number of carbonyl (C=O) groups excluding carboxylic acids is 1. The highest BCUT2D eigenvalue weighted by Gasteiger charge is 2.13. The lowest BCUT2D eigenvalue weighted by Gasteiger charge is -2.15. The predicted molar refractivity (Wildman–Crippen MR) is 75.6 cm³/mol. The van der Waals surface area contributed by atoms with E-state index in [4.69, 9.17) is 0 Å². The number of carbonyl (C=O) groups is 1. The van der Waals surface area contributed by atoms with E-state index >= 15 is 0 Å². The Bertz CT molecular complexity index is 605. The number of hydrogen-bond acceptors (Lipinski definition) is 3. The summed E-state index contributed by atoms with van der Waals surface area (Å²) < 4.78 is 48.4. The van der Waals surface area contributed by atoms with Crippen LogP contribution in [0.25, 0.3) is 0 Å². The normalized spacial score (nSPS) is 12.8. The summed E-state index contributed by atoms with van der Waals surface area (Å²) in [7, 11) is -3.14. The first-order chi connectivity index (χ1) is 9.75. The molecule has 21 heavy (non-hydrogen) atoms. The first-order valence-corrected chi connectivity index (χ1v) is 8.27. The Morgan fingerprint density at radius 2 is 1.95 bits per heavy atom. The van der Waals surface area contributed by atoms with Crippen molar-refractivity contribution in [2.75, 3.05) is 18.1 Å². The summed E-state index contributed by atoms with van der Waals surface area (Å²) in [6.07, 6.45) is 0. The highest BCUT2D eigenvalue weighted by molar-refractivity contribution is 7.91. The van der Waals surface area contributed by atoms with Crippen LogP contribution in [0.15, 0.2) is 18.2 Å². The van der Waals surface area contributed by atoms with Crippen LogP contribution in [-0.2, 0) is 9.84 Å². The fourth-order valence-corrected chi connectivity index (χ4v) is 2.28. The van der Waals surface area contributed by atoms with Gasteiger partial charge in [-0.3, -0.25) is 0 Å². The van der Waals surface area contributed by atoms with E-state index < -0.39 is 33.5 Å². The van der Waals surface area contributed by atoms with Crippen LogP contribution >= 0.6 is 0 Å². The molecule has 0 saturated carbocycles. The Labute approximate surface area is 122 Å². The van der Waals surface area contributed by atoms with Gasteiger partial charge in [-0.25, -0.2) is 22.0 Å². The number of hydrogen-bond donors (Lipinski definition) is 2. The minimum absolute atomic E-state index is 0.00743. The van der Waals surface area contributed by atoms with Gasteiger partial charge in [0.2, 0.25) is 0 Å². The van der Waals surface area contributed by atoms with E-state index in [1.165, 1.54) is 13.0 Å². The van der Waals surface area contributed by atoms with Crippen molar-refractivity contribution in [2.45, 2.75) is 19.9 Å². The molecule has 0 saturated heterocycles. The standard InChI is InChI=1S/C13H18F2N2O3S/c1-3-21(19,20)7-6-16-13(18)17-9(2)10-4-5-11(14)12(15)8-10/h4-5,8-9H,3,6-7H2,1-2H3,(H2,16,17,18)/t9-/m0/s1. The molecule has 0 aliphatic carbocycles. The second-order valence-electron chi connectivity index (χ2n) is 4.53. The third kappa shape index (κ3) is 5.66. The quantitative estimate of drug-likeness (QED) is 0.838. The van der Waals surface area contributed by atoms with Crippen molar-refractivity contribution in [1.82, 2.24) is 10.6 Å². The monoisotopic (exact) mass is 320 g/mol. The van der Waals surface area contributed by atoms with E-state index in [1.54, 1.807) is 6.92 Å². The lowest BCUT2D eigenvalue weighted by Crippen LogP contribution is -2.39. The molecule has 1 aromatic carbocycles. The Hall–Kier alpha value is -1.70. The fraction of sp³-hybridized carbons (Fsp3) is 0.462. The maximum atomic E-state index is 13.1. The van der Waals surface area contributed by atoms with Gasteiger partial charge in [0.15, 0.2) is 21.5 Å². The minimum Gasteiger partial charge on any atom is -0.337 e. The Kier molecular flexibility index (Phi) is 6.07. The molecule has 0 fully saturated rings.